The lowest BCUT2D eigenvalue weighted by atomic mass is 10.2. The van der Waals surface area contributed by atoms with E-state index >= 15 is 0 Å². The summed E-state index contributed by atoms with van der Waals surface area (Å²) in [6.07, 6.45) is 2.66. The molecule has 1 N–H and O–H groups in total. The summed E-state index contributed by atoms with van der Waals surface area (Å²) < 4.78 is 2.72. The predicted molar refractivity (Wildman–Crippen MR) is 110 cm³/mol. The minimum Gasteiger partial charge on any atom is -0.306 e. The van der Waals surface area contributed by atoms with Crippen LogP contribution in [0.4, 0.5) is 11.5 Å². The van der Waals surface area contributed by atoms with Crippen LogP contribution in [0.3, 0.4) is 0 Å². The number of thiazole rings is 1. The van der Waals surface area contributed by atoms with Crippen molar-refractivity contribution in [2.45, 2.75) is 19.3 Å². The van der Waals surface area contributed by atoms with Crippen molar-refractivity contribution in [1.82, 2.24) is 14.8 Å². The Hall–Kier alpha value is -3.59. The Morgan fingerprint density at radius 1 is 1.17 bits per heavy atom. The maximum Gasteiger partial charge on any atom is 0.270 e. The summed E-state index contributed by atoms with van der Waals surface area (Å²) in [6, 6.07) is 13.5. The lowest BCUT2D eigenvalue weighted by Crippen LogP contribution is -2.16. The summed E-state index contributed by atoms with van der Waals surface area (Å²) in [7, 11) is 0. The molecular weight excluding hydrogens is 390 g/mol. The fraction of sp³-hybridized carbons (Fsp3) is 0.150. The number of anilines is 1. The van der Waals surface area contributed by atoms with E-state index < -0.39 is 10.8 Å². The number of non-ortho nitro benzene ring substituents is 1. The first kappa shape index (κ1) is 17.5. The van der Waals surface area contributed by atoms with E-state index in [0.29, 0.717) is 10.9 Å². The second-order valence-corrected chi connectivity index (χ2v) is 7.77. The van der Waals surface area contributed by atoms with Gasteiger partial charge in [0.25, 0.3) is 11.6 Å². The van der Waals surface area contributed by atoms with Crippen LogP contribution >= 0.6 is 11.3 Å². The molecule has 29 heavy (non-hydrogen) atoms. The zero-order chi connectivity index (χ0) is 20.0. The van der Waals surface area contributed by atoms with Gasteiger partial charge in [-0.05, 0) is 37.5 Å². The van der Waals surface area contributed by atoms with Gasteiger partial charge in [0.15, 0.2) is 0 Å². The molecule has 0 unspecified atom stereocenters. The molecule has 144 valence electrons. The minimum atomic E-state index is -0.514. The van der Waals surface area contributed by atoms with E-state index in [0.717, 1.165) is 40.7 Å². The van der Waals surface area contributed by atoms with E-state index in [1.165, 1.54) is 29.5 Å². The summed E-state index contributed by atoms with van der Waals surface area (Å²) in [4.78, 5) is 28.0. The average Bonchev–Trinajstić information content (AvgIpc) is 3.43. The smallest absolute Gasteiger partial charge is 0.270 e. The molecule has 1 amide bonds. The average molecular weight is 405 g/mol. The molecule has 5 rings (SSSR count). The van der Waals surface area contributed by atoms with Gasteiger partial charge in [-0.1, -0.05) is 29.5 Å². The molecule has 0 atom stereocenters. The van der Waals surface area contributed by atoms with Crippen LogP contribution in [-0.2, 0) is 12.8 Å². The number of carbonyl (C=O) groups is 1. The zero-order valence-electron chi connectivity index (χ0n) is 15.2. The van der Waals surface area contributed by atoms with E-state index in [4.69, 9.17) is 5.10 Å². The first-order valence-electron chi connectivity index (χ1n) is 9.12. The van der Waals surface area contributed by atoms with Gasteiger partial charge in [0, 0.05) is 23.3 Å². The van der Waals surface area contributed by atoms with Crippen LogP contribution in [0.1, 0.15) is 28.0 Å². The van der Waals surface area contributed by atoms with Gasteiger partial charge >= 0.3 is 0 Å². The van der Waals surface area contributed by atoms with Crippen molar-refractivity contribution in [1.29, 1.82) is 0 Å². The number of nitrogens with one attached hydrogen (secondary N) is 1. The minimum absolute atomic E-state index is 0.123. The first-order valence-corrected chi connectivity index (χ1v) is 9.94. The highest BCUT2D eigenvalue weighted by Crippen LogP contribution is 2.34. The number of hydrogen-bond acceptors (Lipinski definition) is 6. The number of amides is 1. The SMILES string of the molecule is O=C(Nc1c2c(nn1-c1nc3ccccc3s1)CCC2)c1cccc([N+](=O)[O-])c1. The lowest BCUT2D eigenvalue weighted by Gasteiger charge is -2.09. The maximum absolute atomic E-state index is 12.9. The third-order valence-electron chi connectivity index (χ3n) is 4.92. The van der Waals surface area contributed by atoms with Crippen molar-refractivity contribution in [2.75, 3.05) is 5.32 Å². The van der Waals surface area contributed by atoms with E-state index in [2.05, 4.69) is 10.3 Å². The predicted octanol–water partition coefficient (Wildman–Crippen LogP) is 4.13. The largest absolute Gasteiger partial charge is 0.306 e. The van der Waals surface area contributed by atoms with Crippen molar-refractivity contribution in [3.8, 4) is 5.13 Å². The van der Waals surface area contributed by atoms with Crippen molar-refractivity contribution >= 4 is 39.0 Å². The summed E-state index contributed by atoms with van der Waals surface area (Å²) in [5.74, 6) is 0.179. The van der Waals surface area contributed by atoms with E-state index in [1.807, 2.05) is 24.3 Å². The first-order chi connectivity index (χ1) is 14.1. The lowest BCUT2D eigenvalue weighted by molar-refractivity contribution is -0.384. The molecule has 0 fully saturated rings. The number of aromatic nitrogens is 3. The Morgan fingerprint density at radius 3 is 2.86 bits per heavy atom. The molecule has 2 aromatic heterocycles. The second kappa shape index (κ2) is 6.78. The molecule has 4 aromatic rings. The number of rotatable bonds is 4. The summed E-state index contributed by atoms with van der Waals surface area (Å²) in [6.45, 7) is 0. The van der Waals surface area contributed by atoms with Gasteiger partial charge < -0.3 is 5.32 Å². The summed E-state index contributed by atoms with van der Waals surface area (Å²) in [5.41, 5.74) is 2.94. The highest BCUT2D eigenvalue weighted by Gasteiger charge is 2.26. The van der Waals surface area contributed by atoms with Crippen LogP contribution in [0.5, 0.6) is 0 Å². The molecule has 8 nitrogen and oxygen atoms in total. The molecule has 1 aliphatic carbocycles. The van der Waals surface area contributed by atoms with Crippen LogP contribution in [0.2, 0.25) is 0 Å². The third-order valence-corrected chi connectivity index (χ3v) is 5.93. The molecule has 0 radical (unpaired) electrons. The molecule has 9 heteroatoms. The van der Waals surface area contributed by atoms with Crippen molar-refractivity contribution in [3.05, 3.63) is 75.5 Å². The number of nitrogens with zero attached hydrogens (tertiary/aromatic N) is 4. The summed E-state index contributed by atoms with van der Waals surface area (Å²) >= 11 is 1.50. The third kappa shape index (κ3) is 3.05. The van der Waals surface area contributed by atoms with Crippen LogP contribution in [0, 0.1) is 10.1 Å². The van der Waals surface area contributed by atoms with Gasteiger partial charge in [0.2, 0.25) is 5.13 Å². The fourth-order valence-corrected chi connectivity index (χ4v) is 4.47. The van der Waals surface area contributed by atoms with Crippen molar-refractivity contribution < 1.29 is 9.72 Å². The maximum atomic E-state index is 12.9. The Morgan fingerprint density at radius 2 is 2.03 bits per heavy atom. The van der Waals surface area contributed by atoms with Gasteiger partial charge in [-0.2, -0.15) is 9.78 Å². The Bertz CT molecular complexity index is 1240. The number of carbonyl (C=O) groups excluding carboxylic acids is 1. The normalized spacial score (nSPS) is 12.8. The van der Waals surface area contributed by atoms with Gasteiger partial charge in [-0.25, -0.2) is 4.98 Å². The molecular formula is C20H15N5O3S. The number of para-hydroxylation sites is 1. The van der Waals surface area contributed by atoms with Gasteiger partial charge in [0.05, 0.1) is 20.8 Å². The Balaban J connectivity index is 1.55. The molecule has 2 heterocycles. The van der Waals surface area contributed by atoms with E-state index in [9.17, 15) is 14.9 Å². The van der Waals surface area contributed by atoms with E-state index in [1.54, 1.807) is 10.7 Å². The van der Waals surface area contributed by atoms with Gasteiger partial charge in [0.1, 0.15) is 5.82 Å². The quantitative estimate of drug-likeness (QED) is 0.406. The van der Waals surface area contributed by atoms with Crippen molar-refractivity contribution in [2.24, 2.45) is 0 Å². The topological polar surface area (TPSA) is 103 Å². The van der Waals surface area contributed by atoms with E-state index in [-0.39, 0.29) is 11.3 Å². The van der Waals surface area contributed by atoms with Crippen LogP contribution < -0.4 is 5.32 Å². The molecule has 0 saturated heterocycles. The fourth-order valence-electron chi connectivity index (χ4n) is 3.55. The molecule has 0 saturated carbocycles. The number of benzene rings is 2. The molecule has 0 spiro atoms. The van der Waals surface area contributed by atoms with Crippen LogP contribution in [-0.4, -0.2) is 25.6 Å². The zero-order valence-corrected chi connectivity index (χ0v) is 16.0. The number of aryl methyl sites for hydroxylation is 1. The van der Waals surface area contributed by atoms with Crippen LogP contribution in [0.25, 0.3) is 15.3 Å². The van der Waals surface area contributed by atoms with Gasteiger partial charge in [-0.3, -0.25) is 14.9 Å². The number of hydrogen-bond donors (Lipinski definition) is 1. The number of nitro benzene ring substituents is 1. The molecule has 0 bridgehead atoms. The standard InChI is InChI=1S/C20H15N5O3S/c26-19(12-5-3-6-13(11-12)25(27)28)22-18-14-7-4-9-15(14)23-24(18)20-21-16-8-1-2-10-17(16)29-20/h1-3,5-6,8,10-11H,4,7,9H2,(H,22,26). The van der Waals surface area contributed by atoms with Gasteiger partial charge in [-0.15, -0.1) is 0 Å². The van der Waals surface area contributed by atoms with Crippen molar-refractivity contribution in [3.63, 3.8) is 0 Å². The molecule has 1 aliphatic rings. The Kier molecular flexibility index (Phi) is 4.09. The second-order valence-electron chi connectivity index (χ2n) is 6.76. The highest BCUT2D eigenvalue weighted by atomic mass is 32.1. The number of fused-ring (bicyclic) bond motifs is 2. The summed E-state index contributed by atoms with van der Waals surface area (Å²) in [5, 5.41) is 19.3. The Labute approximate surface area is 169 Å². The molecule has 2 aromatic carbocycles. The van der Waals surface area contributed by atoms with Crippen LogP contribution in [0.15, 0.2) is 48.5 Å². The number of nitro groups is 1. The highest BCUT2D eigenvalue weighted by molar-refractivity contribution is 7.20. The monoisotopic (exact) mass is 405 g/mol. The molecule has 0 aliphatic heterocycles.